The molecule has 0 saturated heterocycles. The number of phenols is 1. The second-order valence-corrected chi connectivity index (χ2v) is 9.02. The van der Waals surface area contributed by atoms with Crippen molar-refractivity contribution in [2.24, 2.45) is 4.99 Å². The number of aliphatic imine (C=N–C) groups is 1. The van der Waals surface area contributed by atoms with E-state index in [0.29, 0.717) is 0 Å². The van der Waals surface area contributed by atoms with Gasteiger partial charge in [-0.1, -0.05) is 84.9 Å². The smallest absolute Gasteiger partial charge is 0.335 e. The SMILES string of the molecule is O=C(O)c1ccc(O)c(N=Cc2ccccc2P(c2ccccc2)c2ccccc2)c1. The fourth-order valence-electron chi connectivity index (χ4n) is 3.28. The van der Waals surface area contributed by atoms with Crippen LogP contribution in [0.15, 0.2) is 108 Å². The summed E-state index contributed by atoms with van der Waals surface area (Å²) in [4.78, 5) is 15.7. The van der Waals surface area contributed by atoms with Crippen molar-refractivity contribution >= 4 is 41.7 Å². The van der Waals surface area contributed by atoms with Crippen LogP contribution in [0.4, 0.5) is 5.69 Å². The van der Waals surface area contributed by atoms with E-state index >= 15 is 0 Å². The van der Waals surface area contributed by atoms with Crippen LogP contribution in [-0.2, 0) is 0 Å². The van der Waals surface area contributed by atoms with Gasteiger partial charge < -0.3 is 10.2 Å². The quantitative estimate of drug-likeness (QED) is 0.350. The van der Waals surface area contributed by atoms with Gasteiger partial charge in [-0.05, 0) is 42.0 Å². The molecule has 4 rings (SSSR count). The molecule has 2 N–H and O–H groups in total. The molecule has 0 spiro atoms. The van der Waals surface area contributed by atoms with E-state index in [0.717, 1.165) is 10.9 Å². The van der Waals surface area contributed by atoms with E-state index in [4.69, 9.17) is 0 Å². The third kappa shape index (κ3) is 4.71. The Bertz CT molecular complexity index is 1180. The minimum absolute atomic E-state index is 0.0629. The van der Waals surface area contributed by atoms with Gasteiger partial charge in [-0.15, -0.1) is 0 Å². The van der Waals surface area contributed by atoms with Crippen molar-refractivity contribution in [1.29, 1.82) is 0 Å². The normalized spacial score (nSPS) is 11.1. The highest BCUT2D eigenvalue weighted by Crippen LogP contribution is 2.34. The number of aromatic hydroxyl groups is 1. The summed E-state index contributed by atoms with van der Waals surface area (Å²) in [5.74, 6) is -1.12. The highest BCUT2D eigenvalue weighted by atomic mass is 31.1. The van der Waals surface area contributed by atoms with E-state index in [2.05, 4.69) is 35.3 Å². The molecule has 0 unspecified atom stereocenters. The van der Waals surface area contributed by atoms with Gasteiger partial charge in [0.15, 0.2) is 0 Å². The van der Waals surface area contributed by atoms with Crippen molar-refractivity contribution in [2.45, 2.75) is 0 Å². The van der Waals surface area contributed by atoms with Gasteiger partial charge in [0.25, 0.3) is 0 Å². The number of hydrogen-bond acceptors (Lipinski definition) is 3. The Labute approximate surface area is 181 Å². The molecule has 0 radical (unpaired) electrons. The number of hydrogen-bond donors (Lipinski definition) is 2. The Morgan fingerprint density at radius 2 is 1.35 bits per heavy atom. The molecule has 0 bridgehead atoms. The average molecular weight is 425 g/mol. The second-order valence-electron chi connectivity index (χ2n) is 6.83. The molecule has 0 amide bonds. The first-order valence-electron chi connectivity index (χ1n) is 9.73. The predicted molar refractivity (Wildman–Crippen MR) is 127 cm³/mol. The van der Waals surface area contributed by atoms with Crippen LogP contribution in [0, 0.1) is 0 Å². The zero-order valence-electron chi connectivity index (χ0n) is 16.6. The van der Waals surface area contributed by atoms with Crippen molar-refractivity contribution < 1.29 is 15.0 Å². The van der Waals surface area contributed by atoms with Crippen LogP contribution in [0.5, 0.6) is 5.75 Å². The maximum Gasteiger partial charge on any atom is 0.335 e. The average Bonchev–Trinajstić information content (AvgIpc) is 2.81. The predicted octanol–water partition coefficient (Wildman–Crippen LogP) is 4.60. The van der Waals surface area contributed by atoms with Gasteiger partial charge in [0, 0.05) is 11.8 Å². The summed E-state index contributed by atoms with van der Waals surface area (Å²) >= 11 is 0. The molecule has 0 aliphatic heterocycles. The number of carbonyl (C=O) groups is 1. The van der Waals surface area contributed by atoms with Crippen molar-refractivity contribution in [3.05, 3.63) is 114 Å². The first-order valence-corrected chi connectivity index (χ1v) is 11.1. The van der Waals surface area contributed by atoms with E-state index in [1.54, 1.807) is 6.21 Å². The highest BCUT2D eigenvalue weighted by molar-refractivity contribution is 7.80. The first-order chi connectivity index (χ1) is 15.1. The lowest BCUT2D eigenvalue weighted by molar-refractivity contribution is 0.0697. The summed E-state index contributed by atoms with van der Waals surface area (Å²) in [7, 11) is -0.819. The summed E-state index contributed by atoms with van der Waals surface area (Å²) < 4.78 is 0. The van der Waals surface area contributed by atoms with Crippen LogP contribution in [-0.4, -0.2) is 22.4 Å². The van der Waals surface area contributed by atoms with Crippen molar-refractivity contribution in [3.8, 4) is 5.75 Å². The minimum atomic E-state index is -1.06. The lowest BCUT2D eigenvalue weighted by Gasteiger charge is -2.21. The molecular weight excluding hydrogens is 405 g/mol. The maximum atomic E-state index is 11.3. The third-order valence-electron chi connectivity index (χ3n) is 4.77. The molecule has 0 aliphatic carbocycles. The topological polar surface area (TPSA) is 69.9 Å². The number of carboxylic acids is 1. The van der Waals surface area contributed by atoms with Crippen LogP contribution in [0.2, 0.25) is 0 Å². The van der Waals surface area contributed by atoms with E-state index in [9.17, 15) is 15.0 Å². The summed E-state index contributed by atoms with van der Waals surface area (Å²) in [6.45, 7) is 0. The lowest BCUT2D eigenvalue weighted by atomic mass is 10.2. The summed E-state index contributed by atoms with van der Waals surface area (Å²) in [6, 6.07) is 32.8. The molecule has 4 aromatic rings. The fourth-order valence-corrected chi connectivity index (χ4v) is 5.70. The Kier molecular flexibility index (Phi) is 6.21. The summed E-state index contributed by atoms with van der Waals surface area (Å²) in [6.07, 6.45) is 1.69. The molecule has 152 valence electrons. The number of rotatable bonds is 6. The van der Waals surface area contributed by atoms with Crippen LogP contribution in [0.1, 0.15) is 15.9 Å². The maximum absolute atomic E-state index is 11.3. The third-order valence-corrected chi connectivity index (χ3v) is 7.29. The molecular formula is C26H20NO3P. The monoisotopic (exact) mass is 425 g/mol. The van der Waals surface area contributed by atoms with Gasteiger partial charge in [-0.25, -0.2) is 4.79 Å². The summed E-state index contributed by atoms with van der Waals surface area (Å²) in [5.41, 5.74) is 1.22. The van der Waals surface area contributed by atoms with Crippen LogP contribution >= 0.6 is 7.92 Å². The Morgan fingerprint density at radius 3 is 1.97 bits per heavy atom. The Morgan fingerprint density at radius 1 is 0.774 bits per heavy atom. The van der Waals surface area contributed by atoms with Gasteiger partial charge in [0.05, 0.1) is 5.56 Å². The number of phenolic OH excluding ortho intramolecular Hbond substituents is 1. The fraction of sp³-hybridized carbons (Fsp3) is 0. The number of aromatic carboxylic acids is 1. The second kappa shape index (κ2) is 9.38. The Balaban J connectivity index is 1.80. The van der Waals surface area contributed by atoms with Crippen LogP contribution in [0.25, 0.3) is 0 Å². The van der Waals surface area contributed by atoms with Gasteiger partial charge in [0.1, 0.15) is 11.4 Å². The molecule has 4 aromatic carbocycles. The van der Waals surface area contributed by atoms with Crippen molar-refractivity contribution in [2.75, 3.05) is 0 Å². The molecule has 4 nitrogen and oxygen atoms in total. The van der Waals surface area contributed by atoms with Gasteiger partial charge in [0.2, 0.25) is 0 Å². The molecule has 0 aromatic heterocycles. The molecule has 31 heavy (non-hydrogen) atoms. The summed E-state index contributed by atoms with van der Waals surface area (Å²) in [5, 5.41) is 22.9. The largest absolute Gasteiger partial charge is 0.506 e. The number of benzene rings is 4. The zero-order valence-corrected chi connectivity index (χ0v) is 17.5. The minimum Gasteiger partial charge on any atom is -0.506 e. The first kappa shape index (κ1) is 20.5. The van der Waals surface area contributed by atoms with Crippen molar-refractivity contribution in [1.82, 2.24) is 0 Å². The number of carboxylic acid groups (broad SMARTS) is 1. The molecule has 0 atom stereocenters. The molecule has 0 saturated carbocycles. The van der Waals surface area contributed by atoms with E-state index in [1.165, 1.54) is 28.8 Å². The van der Waals surface area contributed by atoms with Crippen LogP contribution in [0.3, 0.4) is 0 Å². The molecule has 0 aliphatic rings. The standard InChI is InChI=1S/C26H20NO3P/c28-24-16-15-19(26(29)30)17-23(24)27-18-20-9-7-8-14-25(20)31(21-10-3-1-4-11-21)22-12-5-2-6-13-22/h1-18,28H,(H,29,30). The Hall–Kier alpha value is -3.75. The van der Waals surface area contributed by atoms with Crippen molar-refractivity contribution in [3.63, 3.8) is 0 Å². The van der Waals surface area contributed by atoms with E-state index in [1.807, 2.05) is 54.6 Å². The van der Waals surface area contributed by atoms with Gasteiger partial charge in [-0.2, -0.15) is 0 Å². The zero-order chi connectivity index (χ0) is 21.6. The molecule has 0 fully saturated rings. The van der Waals surface area contributed by atoms with Crippen LogP contribution < -0.4 is 15.9 Å². The molecule has 5 heteroatoms. The van der Waals surface area contributed by atoms with E-state index < -0.39 is 13.9 Å². The lowest BCUT2D eigenvalue weighted by Crippen LogP contribution is -2.23. The van der Waals surface area contributed by atoms with E-state index in [-0.39, 0.29) is 17.0 Å². The van der Waals surface area contributed by atoms with Gasteiger partial charge in [-0.3, -0.25) is 4.99 Å². The molecule has 0 heterocycles. The highest BCUT2D eigenvalue weighted by Gasteiger charge is 2.18. The van der Waals surface area contributed by atoms with Gasteiger partial charge >= 0.3 is 5.97 Å². The number of nitrogens with zero attached hydrogens (tertiary/aromatic N) is 1.